The van der Waals surface area contributed by atoms with E-state index in [1.165, 1.54) is 0 Å². The van der Waals surface area contributed by atoms with Crippen molar-refractivity contribution in [3.05, 3.63) is 35.4 Å². The maximum absolute atomic E-state index is 12.2. The number of hydrogen-bond donors (Lipinski definition) is 3. The summed E-state index contributed by atoms with van der Waals surface area (Å²) in [6.45, 7) is 0. The van der Waals surface area contributed by atoms with Gasteiger partial charge in [0.25, 0.3) is 0 Å². The first kappa shape index (κ1) is 12.6. The zero-order valence-corrected chi connectivity index (χ0v) is 10.9. The number of fused-ring (bicyclic) bond motifs is 1. The van der Waals surface area contributed by atoms with Gasteiger partial charge in [0.1, 0.15) is 0 Å². The first-order valence-electron chi connectivity index (χ1n) is 6.97. The average molecular weight is 260 g/mol. The molecule has 3 rings (SSSR count). The third kappa shape index (κ3) is 2.38. The SMILES string of the molecule is NC1CCC(C(=O)N[C@H]2c3ccccc3C[C@H]2O)C1. The van der Waals surface area contributed by atoms with Gasteiger partial charge in [-0.3, -0.25) is 4.79 Å². The molecule has 1 amide bonds. The third-order valence-corrected chi connectivity index (χ3v) is 4.35. The second-order valence-electron chi connectivity index (χ2n) is 5.73. The lowest BCUT2D eigenvalue weighted by atomic mass is 10.0. The quantitative estimate of drug-likeness (QED) is 0.739. The zero-order valence-electron chi connectivity index (χ0n) is 10.9. The Morgan fingerprint density at radius 3 is 2.84 bits per heavy atom. The van der Waals surface area contributed by atoms with Crippen molar-refractivity contribution in [2.75, 3.05) is 0 Å². The molecule has 4 atom stereocenters. The Kier molecular flexibility index (Phi) is 3.29. The van der Waals surface area contributed by atoms with Gasteiger partial charge in [-0.2, -0.15) is 0 Å². The number of nitrogens with two attached hydrogens (primary N) is 1. The van der Waals surface area contributed by atoms with Gasteiger partial charge in [0.2, 0.25) is 5.91 Å². The molecule has 4 heteroatoms. The smallest absolute Gasteiger partial charge is 0.223 e. The minimum atomic E-state index is -0.517. The van der Waals surface area contributed by atoms with Crippen molar-refractivity contribution in [3.8, 4) is 0 Å². The molecule has 102 valence electrons. The van der Waals surface area contributed by atoms with Crippen LogP contribution in [0.2, 0.25) is 0 Å². The van der Waals surface area contributed by atoms with Crippen LogP contribution in [-0.4, -0.2) is 23.2 Å². The summed E-state index contributed by atoms with van der Waals surface area (Å²) >= 11 is 0. The van der Waals surface area contributed by atoms with Crippen molar-refractivity contribution >= 4 is 5.91 Å². The van der Waals surface area contributed by atoms with Crippen LogP contribution in [0.4, 0.5) is 0 Å². The van der Waals surface area contributed by atoms with E-state index in [0.29, 0.717) is 6.42 Å². The van der Waals surface area contributed by atoms with E-state index >= 15 is 0 Å². The molecular weight excluding hydrogens is 240 g/mol. The first-order valence-corrected chi connectivity index (χ1v) is 6.97. The third-order valence-electron chi connectivity index (χ3n) is 4.35. The molecule has 1 aromatic rings. The van der Waals surface area contributed by atoms with Crippen LogP contribution in [0.1, 0.15) is 36.4 Å². The average Bonchev–Trinajstić information content (AvgIpc) is 2.95. The highest BCUT2D eigenvalue weighted by Gasteiger charge is 2.35. The molecule has 1 aromatic carbocycles. The van der Waals surface area contributed by atoms with E-state index in [4.69, 9.17) is 5.73 Å². The summed E-state index contributed by atoms with van der Waals surface area (Å²) in [7, 11) is 0. The summed E-state index contributed by atoms with van der Waals surface area (Å²) in [4.78, 5) is 12.2. The number of carbonyl (C=O) groups is 1. The van der Waals surface area contributed by atoms with Gasteiger partial charge in [0.05, 0.1) is 12.1 Å². The summed E-state index contributed by atoms with van der Waals surface area (Å²) in [6, 6.07) is 7.79. The Balaban J connectivity index is 1.71. The first-order chi connectivity index (χ1) is 9.15. The topological polar surface area (TPSA) is 75.4 Å². The number of aliphatic hydroxyl groups excluding tert-OH is 1. The van der Waals surface area contributed by atoms with Crippen molar-refractivity contribution in [2.45, 2.75) is 43.9 Å². The van der Waals surface area contributed by atoms with Gasteiger partial charge in [-0.15, -0.1) is 0 Å². The van der Waals surface area contributed by atoms with Gasteiger partial charge in [0, 0.05) is 18.4 Å². The van der Waals surface area contributed by atoms with Gasteiger partial charge in [-0.1, -0.05) is 24.3 Å². The predicted octanol–water partition coefficient (Wildman–Crippen LogP) is 0.888. The van der Waals surface area contributed by atoms with Crippen LogP contribution in [0.5, 0.6) is 0 Å². The van der Waals surface area contributed by atoms with Crippen LogP contribution >= 0.6 is 0 Å². The zero-order chi connectivity index (χ0) is 13.4. The van der Waals surface area contributed by atoms with Gasteiger partial charge in [-0.25, -0.2) is 0 Å². The minimum Gasteiger partial charge on any atom is -0.390 e. The summed E-state index contributed by atoms with van der Waals surface area (Å²) < 4.78 is 0. The van der Waals surface area contributed by atoms with Crippen molar-refractivity contribution in [1.29, 1.82) is 0 Å². The molecule has 0 aromatic heterocycles. The van der Waals surface area contributed by atoms with Crippen LogP contribution in [-0.2, 0) is 11.2 Å². The molecule has 1 fully saturated rings. The molecule has 0 aliphatic heterocycles. The maximum atomic E-state index is 12.2. The van der Waals surface area contributed by atoms with Crippen molar-refractivity contribution in [2.24, 2.45) is 11.7 Å². The molecule has 2 aliphatic carbocycles. The van der Waals surface area contributed by atoms with Gasteiger partial charge < -0.3 is 16.2 Å². The predicted molar refractivity (Wildman–Crippen MR) is 72.4 cm³/mol. The van der Waals surface area contributed by atoms with Crippen molar-refractivity contribution in [3.63, 3.8) is 0 Å². The fraction of sp³-hybridized carbons (Fsp3) is 0.533. The van der Waals surface area contributed by atoms with Crippen LogP contribution in [0, 0.1) is 5.92 Å². The monoisotopic (exact) mass is 260 g/mol. The maximum Gasteiger partial charge on any atom is 0.223 e. The lowest BCUT2D eigenvalue weighted by molar-refractivity contribution is -0.126. The number of amides is 1. The number of rotatable bonds is 2. The van der Waals surface area contributed by atoms with Crippen LogP contribution in [0.3, 0.4) is 0 Å². The van der Waals surface area contributed by atoms with E-state index in [-0.39, 0.29) is 23.9 Å². The second-order valence-corrected chi connectivity index (χ2v) is 5.73. The lowest BCUT2D eigenvalue weighted by Crippen LogP contribution is -2.37. The van der Waals surface area contributed by atoms with Crippen LogP contribution < -0.4 is 11.1 Å². The molecule has 0 spiro atoms. The number of aliphatic hydroxyl groups is 1. The van der Waals surface area contributed by atoms with E-state index in [9.17, 15) is 9.90 Å². The Morgan fingerprint density at radius 1 is 1.32 bits per heavy atom. The van der Waals surface area contributed by atoms with Crippen molar-refractivity contribution < 1.29 is 9.90 Å². The standard InChI is InChI=1S/C15H20N2O2/c16-11-6-5-10(7-11)15(19)17-14-12-4-2-1-3-9(12)8-13(14)18/h1-4,10-11,13-14,18H,5-8,16H2,(H,17,19)/t10?,11?,13-,14+/m1/s1. The van der Waals surface area contributed by atoms with Gasteiger partial charge >= 0.3 is 0 Å². The molecule has 0 heterocycles. The normalized spacial score (nSPS) is 33.2. The van der Waals surface area contributed by atoms with E-state index < -0.39 is 6.10 Å². The van der Waals surface area contributed by atoms with E-state index in [1.54, 1.807) is 0 Å². The van der Waals surface area contributed by atoms with Crippen LogP contribution in [0.25, 0.3) is 0 Å². The number of carbonyl (C=O) groups excluding carboxylic acids is 1. The molecular formula is C15H20N2O2. The second kappa shape index (κ2) is 4.94. The highest BCUT2D eigenvalue weighted by Crippen LogP contribution is 2.32. The van der Waals surface area contributed by atoms with E-state index in [2.05, 4.69) is 5.32 Å². The Morgan fingerprint density at radius 2 is 2.11 bits per heavy atom. The van der Waals surface area contributed by atoms with Crippen molar-refractivity contribution in [1.82, 2.24) is 5.32 Å². The fourth-order valence-corrected chi connectivity index (χ4v) is 3.27. The van der Waals surface area contributed by atoms with E-state index in [1.807, 2.05) is 24.3 Å². The van der Waals surface area contributed by atoms with Crippen LogP contribution in [0.15, 0.2) is 24.3 Å². The largest absolute Gasteiger partial charge is 0.390 e. The highest BCUT2D eigenvalue weighted by atomic mass is 16.3. The number of hydrogen-bond acceptors (Lipinski definition) is 3. The fourth-order valence-electron chi connectivity index (χ4n) is 3.27. The Bertz CT molecular complexity index is 489. The molecule has 0 saturated heterocycles. The lowest BCUT2D eigenvalue weighted by Gasteiger charge is -2.20. The van der Waals surface area contributed by atoms with Gasteiger partial charge in [0.15, 0.2) is 0 Å². The molecule has 0 radical (unpaired) electrons. The minimum absolute atomic E-state index is 0.00922. The number of benzene rings is 1. The molecule has 4 nitrogen and oxygen atoms in total. The summed E-state index contributed by atoms with van der Waals surface area (Å²) in [5.41, 5.74) is 8.02. The summed E-state index contributed by atoms with van der Waals surface area (Å²) in [6.07, 6.45) is 2.64. The Labute approximate surface area is 113 Å². The van der Waals surface area contributed by atoms with E-state index in [0.717, 1.165) is 30.4 Å². The Hall–Kier alpha value is -1.39. The molecule has 4 N–H and O–H groups in total. The molecule has 0 bridgehead atoms. The summed E-state index contributed by atoms with van der Waals surface area (Å²) in [5, 5.41) is 13.1. The number of nitrogens with one attached hydrogen (secondary N) is 1. The molecule has 2 aliphatic rings. The highest BCUT2D eigenvalue weighted by molar-refractivity contribution is 5.79. The molecule has 2 unspecified atom stereocenters. The molecule has 19 heavy (non-hydrogen) atoms. The summed E-state index contributed by atoms with van der Waals surface area (Å²) in [5.74, 6) is 0.0451. The molecule has 1 saturated carbocycles. The van der Waals surface area contributed by atoms with Gasteiger partial charge in [-0.05, 0) is 30.4 Å².